The van der Waals surface area contributed by atoms with Crippen molar-refractivity contribution in [3.8, 4) is 0 Å². The first-order chi connectivity index (χ1) is 15.3. The maximum absolute atomic E-state index is 12.8. The lowest BCUT2D eigenvalue weighted by molar-refractivity contribution is 0.102. The van der Waals surface area contributed by atoms with Crippen LogP contribution in [0, 0.1) is 0 Å². The van der Waals surface area contributed by atoms with Gasteiger partial charge in [0.15, 0.2) is 0 Å². The summed E-state index contributed by atoms with van der Waals surface area (Å²) in [4.78, 5) is 37.3. The first-order valence-corrected chi connectivity index (χ1v) is 10.2. The molecule has 1 aromatic heterocycles. The molecule has 0 bridgehead atoms. The van der Waals surface area contributed by atoms with Crippen LogP contribution in [0.1, 0.15) is 23.0 Å². The van der Waals surface area contributed by atoms with E-state index in [9.17, 15) is 9.59 Å². The van der Waals surface area contributed by atoms with Crippen molar-refractivity contribution < 1.29 is 9.59 Å². The van der Waals surface area contributed by atoms with Crippen LogP contribution >= 0.6 is 0 Å². The fourth-order valence-electron chi connectivity index (χ4n) is 2.76. The molecule has 0 saturated heterocycles. The number of amidine groups is 1. The number of carbonyl (C=O) groups is 2. The summed E-state index contributed by atoms with van der Waals surface area (Å²) in [5, 5.41) is 5.56. The third-order valence-corrected chi connectivity index (χ3v) is 4.54. The molecule has 0 aliphatic carbocycles. The van der Waals surface area contributed by atoms with Crippen molar-refractivity contribution in [2.24, 2.45) is 4.99 Å². The number of nitrogens with one attached hydrogen (secondary N) is 2. The number of allylic oxidation sites excluding steroid dienone is 1. The van der Waals surface area contributed by atoms with Gasteiger partial charge in [-0.25, -0.2) is 4.79 Å². The van der Waals surface area contributed by atoms with E-state index in [1.165, 1.54) is 0 Å². The monoisotopic (exact) mass is 437 g/mol. The molecule has 9 nitrogen and oxygen atoms in total. The third-order valence-electron chi connectivity index (χ3n) is 4.54. The predicted octanol–water partition coefficient (Wildman–Crippen LogP) is 2.59. The number of nitrogens with two attached hydrogens (primary N) is 1. The summed E-state index contributed by atoms with van der Waals surface area (Å²) in [6.45, 7) is 3.41. The molecular weight excluding hydrogens is 406 g/mol. The molecule has 4 N–H and O–H groups in total. The normalized spacial score (nSPS) is 11.6. The Morgan fingerprint density at radius 2 is 1.91 bits per heavy atom. The van der Waals surface area contributed by atoms with Gasteiger partial charge in [-0.2, -0.15) is 0 Å². The van der Waals surface area contributed by atoms with E-state index in [0.717, 1.165) is 5.56 Å². The number of rotatable bonds is 8. The Labute approximate surface area is 189 Å². The Kier molecular flexibility index (Phi) is 9.37. The molecule has 0 aliphatic rings. The number of hydrogen-bond acceptors (Lipinski definition) is 6. The van der Waals surface area contributed by atoms with Gasteiger partial charge >= 0.3 is 6.03 Å². The maximum atomic E-state index is 12.8. The van der Waals surface area contributed by atoms with Gasteiger partial charge in [-0.3, -0.25) is 20.1 Å². The Balaban J connectivity index is 2.09. The fourth-order valence-corrected chi connectivity index (χ4v) is 2.76. The lowest BCUT2D eigenvalue weighted by atomic mass is 10.2. The van der Waals surface area contributed by atoms with Crippen LogP contribution in [0.4, 0.5) is 16.2 Å². The fraction of sp³-hybridized carbons (Fsp3) is 0.304. The molecule has 9 heteroatoms. The number of urea groups is 1. The van der Waals surface area contributed by atoms with Gasteiger partial charge in [0.05, 0.1) is 11.4 Å². The van der Waals surface area contributed by atoms with Crippen molar-refractivity contribution >= 4 is 29.1 Å². The molecule has 0 atom stereocenters. The third kappa shape index (κ3) is 7.51. The van der Waals surface area contributed by atoms with E-state index < -0.39 is 0 Å². The van der Waals surface area contributed by atoms with E-state index >= 15 is 0 Å². The second kappa shape index (κ2) is 12.2. The molecule has 3 amide bonds. The zero-order valence-electron chi connectivity index (χ0n) is 19.0. The Hall–Kier alpha value is -3.72. The number of para-hydroxylation sites is 2. The van der Waals surface area contributed by atoms with E-state index in [0.29, 0.717) is 36.8 Å². The minimum Gasteiger partial charge on any atom is -0.397 e. The lowest BCUT2D eigenvalue weighted by Gasteiger charge is -2.24. The summed E-state index contributed by atoms with van der Waals surface area (Å²) in [6.07, 6.45) is 5.14. The summed E-state index contributed by atoms with van der Waals surface area (Å²) in [6, 6.07) is 10.2. The summed E-state index contributed by atoms with van der Waals surface area (Å²) >= 11 is 0. The first-order valence-electron chi connectivity index (χ1n) is 10.2. The molecule has 0 saturated carbocycles. The van der Waals surface area contributed by atoms with E-state index in [-0.39, 0.29) is 17.6 Å². The second-order valence-electron chi connectivity index (χ2n) is 7.36. The van der Waals surface area contributed by atoms with Gasteiger partial charge in [0.25, 0.3) is 5.91 Å². The average molecular weight is 438 g/mol. The predicted molar refractivity (Wildman–Crippen MR) is 129 cm³/mol. The number of carbonyl (C=O) groups excluding carboxylic acids is 2. The first kappa shape index (κ1) is 24.5. The van der Waals surface area contributed by atoms with Crippen molar-refractivity contribution in [2.45, 2.75) is 13.5 Å². The van der Waals surface area contributed by atoms with Gasteiger partial charge in [-0.15, -0.1) is 0 Å². The maximum Gasteiger partial charge on any atom is 0.323 e. The molecule has 1 heterocycles. The van der Waals surface area contributed by atoms with Crippen LogP contribution in [0.25, 0.3) is 0 Å². The number of benzene rings is 1. The molecule has 0 aliphatic heterocycles. The van der Waals surface area contributed by atoms with E-state index in [2.05, 4.69) is 20.6 Å². The molecule has 170 valence electrons. The summed E-state index contributed by atoms with van der Waals surface area (Å²) < 4.78 is 0. The van der Waals surface area contributed by atoms with Crippen molar-refractivity contribution in [1.29, 1.82) is 0 Å². The number of hydrogen-bond donors (Lipinski definition) is 3. The Bertz CT molecular complexity index is 969. The molecule has 0 radical (unpaired) electrons. The van der Waals surface area contributed by atoms with Crippen LogP contribution in [0.15, 0.2) is 59.7 Å². The van der Waals surface area contributed by atoms with Crippen LogP contribution in [0.2, 0.25) is 0 Å². The quantitative estimate of drug-likeness (QED) is 0.333. The highest BCUT2D eigenvalue weighted by Gasteiger charge is 2.16. The Morgan fingerprint density at radius 3 is 2.50 bits per heavy atom. The van der Waals surface area contributed by atoms with Gasteiger partial charge in [0.2, 0.25) is 0 Å². The van der Waals surface area contributed by atoms with Gasteiger partial charge in [0.1, 0.15) is 11.5 Å². The smallest absolute Gasteiger partial charge is 0.323 e. The van der Waals surface area contributed by atoms with Crippen LogP contribution in [-0.2, 0) is 6.54 Å². The molecule has 0 fully saturated rings. The average Bonchev–Trinajstić information content (AvgIpc) is 2.78. The van der Waals surface area contributed by atoms with Crippen LogP contribution in [0.5, 0.6) is 0 Å². The van der Waals surface area contributed by atoms with Crippen LogP contribution < -0.4 is 16.4 Å². The molecule has 32 heavy (non-hydrogen) atoms. The largest absolute Gasteiger partial charge is 0.397 e. The molecule has 1 aromatic carbocycles. The van der Waals surface area contributed by atoms with Crippen LogP contribution in [-0.4, -0.2) is 66.8 Å². The number of nitrogen functional groups attached to an aromatic ring is 1. The summed E-state index contributed by atoms with van der Waals surface area (Å²) in [5.41, 5.74) is 7.94. The lowest BCUT2D eigenvalue weighted by Crippen LogP contribution is -2.44. The number of anilines is 2. The minimum atomic E-state index is -0.355. The number of amides is 3. The zero-order valence-corrected chi connectivity index (χ0v) is 19.0. The molecule has 0 spiro atoms. The highest BCUT2D eigenvalue weighted by atomic mass is 16.2. The Morgan fingerprint density at radius 1 is 1.16 bits per heavy atom. The number of pyridine rings is 1. The number of aromatic nitrogens is 1. The van der Waals surface area contributed by atoms with Gasteiger partial charge < -0.3 is 20.9 Å². The zero-order chi connectivity index (χ0) is 23.5. The van der Waals surface area contributed by atoms with E-state index in [1.807, 2.05) is 32.0 Å². The van der Waals surface area contributed by atoms with Crippen molar-refractivity contribution in [3.05, 3.63) is 66.0 Å². The van der Waals surface area contributed by atoms with Gasteiger partial charge in [-0.1, -0.05) is 24.3 Å². The van der Waals surface area contributed by atoms with Crippen LogP contribution in [0.3, 0.4) is 0 Å². The number of nitrogens with zero attached hydrogens (tertiary/aromatic N) is 4. The molecular formula is C23H31N7O2. The van der Waals surface area contributed by atoms with Crippen molar-refractivity contribution in [1.82, 2.24) is 20.1 Å². The molecule has 2 rings (SSSR count). The van der Waals surface area contributed by atoms with E-state index in [1.54, 1.807) is 60.6 Å². The number of aliphatic imine (C=N–C) groups is 1. The highest BCUT2D eigenvalue weighted by molar-refractivity contribution is 6.04. The number of likely N-dealkylation sites (N-methyl/N-ethyl adjacent to an activating group) is 1. The molecule has 0 unspecified atom stereocenters. The highest BCUT2D eigenvalue weighted by Crippen LogP contribution is 2.17. The second-order valence-corrected chi connectivity index (χ2v) is 7.36. The minimum absolute atomic E-state index is 0.257. The SMILES string of the molecule is C/C=C\C(=NC)NC(=O)N(CCN(C)C)Cc1ccc(C(=O)Nc2ccccc2N)nc1. The van der Waals surface area contributed by atoms with Crippen molar-refractivity contribution in [2.75, 3.05) is 45.3 Å². The standard InChI is InChI=1S/C23H31N7O2/c1-5-8-21(25-2)28-23(32)30(14-13-29(3)4)16-17-11-12-20(26-15-17)22(31)27-19-10-7-6-9-18(19)24/h5-12,15H,13-14,16,24H2,1-4H3,(H,27,31)(H,25,28,32)/b8-5-. The molecule has 2 aromatic rings. The van der Waals surface area contributed by atoms with Crippen molar-refractivity contribution in [3.63, 3.8) is 0 Å². The topological polar surface area (TPSA) is 116 Å². The van der Waals surface area contributed by atoms with E-state index in [4.69, 9.17) is 5.73 Å². The summed E-state index contributed by atoms with van der Waals surface area (Å²) in [7, 11) is 5.52. The van der Waals surface area contributed by atoms with Gasteiger partial charge in [0, 0.05) is 32.9 Å². The summed E-state index contributed by atoms with van der Waals surface area (Å²) in [5.74, 6) is 0.129. The van der Waals surface area contributed by atoms with Gasteiger partial charge in [-0.05, 0) is 50.9 Å².